The number of ether oxygens (including phenoxy) is 1. The van der Waals surface area contributed by atoms with Crippen molar-refractivity contribution in [1.29, 1.82) is 0 Å². The number of carbonyl (C=O) groups is 2. The number of carbonyl (C=O) groups excluding carboxylic acids is 2. The van der Waals surface area contributed by atoms with Crippen LogP contribution < -0.4 is 10.9 Å². The second-order valence-electron chi connectivity index (χ2n) is 13.8. The predicted octanol–water partition coefficient (Wildman–Crippen LogP) is 8.48. The molecular formula is C38H43F8N3O4. The largest absolute Gasteiger partial charge is 0.466 e. The van der Waals surface area contributed by atoms with Crippen molar-refractivity contribution >= 4 is 11.9 Å². The number of nitrogens with zero attached hydrogens (tertiary/aromatic N) is 2. The van der Waals surface area contributed by atoms with Crippen LogP contribution in [-0.2, 0) is 33.1 Å². The fraction of sp³-hybridized carbons (Fsp3) is 0.500. The third kappa shape index (κ3) is 10.2. The molecular weight excluding hydrogens is 714 g/mol. The minimum absolute atomic E-state index is 0.0342. The van der Waals surface area contributed by atoms with Crippen molar-refractivity contribution in [2.45, 2.75) is 91.2 Å². The molecule has 1 unspecified atom stereocenters. The highest BCUT2D eigenvalue weighted by Gasteiger charge is 2.38. The third-order valence-electron chi connectivity index (χ3n) is 9.23. The van der Waals surface area contributed by atoms with E-state index < -0.39 is 82.2 Å². The standard InChI is InChI=1S/C38H43F8N3O4/c1-6-53-33(51)19-30(27-16-25(37(41,42)43)17-28(35(27)40)34-22(4)14-26(39)15-23(34)5)47-36(52)31(13-21(2)3)49-20-24(9-7-10-48-11-8-12-48)29(18-32(49)50)38(44,45)46/h14-18,20-21,30-31H,6-13,19H2,1-5H3,(H,47,52)/t30-,31?/m0/s1. The Hall–Kier alpha value is -4.27. The molecule has 53 heavy (non-hydrogen) atoms. The van der Waals surface area contributed by atoms with Crippen LogP contribution in [0.5, 0.6) is 0 Å². The van der Waals surface area contributed by atoms with Crippen LogP contribution in [0.15, 0.2) is 41.3 Å². The predicted molar refractivity (Wildman–Crippen MR) is 182 cm³/mol. The van der Waals surface area contributed by atoms with Gasteiger partial charge in [-0.1, -0.05) is 13.8 Å². The molecule has 1 saturated heterocycles. The van der Waals surface area contributed by atoms with E-state index in [0.717, 1.165) is 42.4 Å². The molecule has 1 aromatic heterocycles. The van der Waals surface area contributed by atoms with Gasteiger partial charge in [-0.15, -0.1) is 0 Å². The van der Waals surface area contributed by atoms with Gasteiger partial charge in [-0.25, -0.2) is 8.78 Å². The molecule has 15 heteroatoms. The summed E-state index contributed by atoms with van der Waals surface area (Å²) < 4.78 is 122. The first kappa shape index (κ1) is 41.5. The number of rotatable bonds is 14. The van der Waals surface area contributed by atoms with Crippen molar-refractivity contribution in [3.63, 3.8) is 0 Å². The highest BCUT2D eigenvalue weighted by Crippen LogP contribution is 2.40. The third-order valence-corrected chi connectivity index (χ3v) is 9.23. The maximum atomic E-state index is 16.6. The van der Waals surface area contributed by atoms with E-state index >= 15 is 4.39 Å². The zero-order valence-corrected chi connectivity index (χ0v) is 30.1. The Balaban J connectivity index is 1.85. The van der Waals surface area contributed by atoms with Gasteiger partial charge in [-0.2, -0.15) is 26.3 Å². The van der Waals surface area contributed by atoms with Gasteiger partial charge in [0.25, 0.3) is 5.56 Å². The zero-order chi connectivity index (χ0) is 39.4. The normalized spacial score (nSPS) is 14.9. The summed E-state index contributed by atoms with van der Waals surface area (Å²) in [5, 5.41) is 2.43. The molecule has 1 aliphatic rings. The van der Waals surface area contributed by atoms with Crippen LogP contribution in [0.3, 0.4) is 0 Å². The second kappa shape index (κ2) is 16.8. The maximum Gasteiger partial charge on any atom is 0.416 e. The van der Waals surface area contributed by atoms with Gasteiger partial charge in [-0.05, 0) is 119 Å². The lowest BCUT2D eigenvalue weighted by atomic mass is 9.89. The summed E-state index contributed by atoms with van der Waals surface area (Å²) in [6, 6.07) is 0.186. The monoisotopic (exact) mass is 757 g/mol. The molecule has 1 amide bonds. The van der Waals surface area contributed by atoms with Crippen LogP contribution in [0, 0.1) is 31.4 Å². The highest BCUT2D eigenvalue weighted by molar-refractivity contribution is 5.82. The van der Waals surface area contributed by atoms with Crippen molar-refractivity contribution < 1.29 is 49.4 Å². The van der Waals surface area contributed by atoms with Crippen LogP contribution in [0.2, 0.25) is 0 Å². The smallest absolute Gasteiger partial charge is 0.416 e. The minimum Gasteiger partial charge on any atom is -0.466 e. The molecule has 1 fully saturated rings. The van der Waals surface area contributed by atoms with Crippen molar-refractivity contribution in [3.8, 4) is 11.1 Å². The summed E-state index contributed by atoms with van der Waals surface area (Å²) in [5.74, 6) is -4.31. The molecule has 3 aromatic rings. The number of nitrogens with one attached hydrogen (secondary N) is 1. The SMILES string of the molecule is CCOC(=O)C[C@H](NC(=O)C(CC(C)C)n1cc(CCCN2CCC2)c(C(F)(F)F)cc1=O)c1cc(C(F)(F)F)cc(-c2c(C)cc(F)cc2C)c1F. The van der Waals surface area contributed by atoms with Gasteiger partial charge >= 0.3 is 18.3 Å². The molecule has 2 atom stereocenters. The molecule has 4 rings (SSSR count). The highest BCUT2D eigenvalue weighted by atomic mass is 19.4. The number of benzene rings is 2. The number of amides is 1. The van der Waals surface area contributed by atoms with Gasteiger partial charge in [0.1, 0.15) is 17.7 Å². The first-order valence-corrected chi connectivity index (χ1v) is 17.4. The van der Waals surface area contributed by atoms with E-state index in [2.05, 4.69) is 10.2 Å². The molecule has 1 N–H and O–H groups in total. The van der Waals surface area contributed by atoms with Gasteiger partial charge in [0, 0.05) is 23.4 Å². The number of aryl methyl sites for hydroxylation is 3. The van der Waals surface area contributed by atoms with Gasteiger partial charge in [0.15, 0.2) is 0 Å². The molecule has 0 bridgehead atoms. The average molecular weight is 758 g/mol. The quantitative estimate of drug-likeness (QED) is 0.132. The fourth-order valence-electron chi connectivity index (χ4n) is 6.67. The number of hydrogen-bond acceptors (Lipinski definition) is 5. The summed E-state index contributed by atoms with van der Waals surface area (Å²) in [6.07, 6.45) is -8.60. The lowest BCUT2D eigenvalue weighted by Crippen LogP contribution is -2.41. The number of likely N-dealkylation sites (tertiary alicyclic amines) is 1. The van der Waals surface area contributed by atoms with E-state index in [1.165, 1.54) is 20.8 Å². The summed E-state index contributed by atoms with van der Waals surface area (Å²) >= 11 is 0. The van der Waals surface area contributed by atoms with E-state index in [4.69, 9.17) is 4.74 Å². The van der Waals surface area contributed by atoms with Crippen LogP contribution >= 0.6 is 0 Å². The molecule has 0 spiro atoms. The lowest BCUT2D eigenvalue weighted by molar-refractivity contribution is -0.144. The first-order chi connectivity index (χ1) is 24.7. The van der Waals surface area contributed by atoms with E-state index in [-0.39, 0.29) is 47.6 Å². The average Bonchev–Trinajstić information content (AvgIpc) is 3.00. The zero-order valence-electron chi connectivity index (χ0n) is 30.1. The lowest BCUT2D eigenvalue weighted by Gasteiger charge is -2.30. The number of pyridine rings is 1. The molecule has 0 saturated carbocycles. The van der Waals surface area contributed by atoms with Crippen LogP contribution in [-0.4, -0.2) is 47.6 Å². The Morgan fingerprint density at radius 3 is 2.11 bits per heavy atom. The van der Waals surface area contributed by atoms with Crippen molar-refractivity contribution in [1.82, 2.24) is 14.8 Å². The molecule has 2 aromatic carbocycles. The summed E-state index contributed by atoms with van der Waals surface area (Å²) in [4.78, 5) is 42.3. The first-order valence-electron chi connectivity index (χ1n) is 17.4. The van der Waals surface area contributed by atoms with Crippen molar-refractivity contribution in [3.05, 3.63) is 91.9 Å². The fourth-order valence-corrected chi connectivity index (χ4v) is 6.67. The maximum absolute atomic E-state index is 16.6. The Morgan fingerprint density at radius 1 is 0.943 bits per heavy atom. The molecule has 0 aliphatic carbocycles. The van der Waals surface area contributed by atoms with E-state index in [1.807, 2.05) is 0 Å². The van der Waals surface area contributed by atoms with Gasteiger partial charge < -0.3 is 19.5 Å². The molecule has 2 heterocycles. The Kier molecular flexibility index (Phi) is 13.2. The summed E-state index contributed by atoms with van der Waals surface area (Å²) in [6.45, 7) is 9.65. The van der Waals surface area contributed by atoms with Crippen LogP contribution in [0.4, 0.5) is 35.1 Å². The van der Waals surface area contributed by atoms with E-state index in [9.17, 15) is 45.1 Å². The van der Waals surface area contributed by atoms with Gasteiger partial charge in [-0.3, -0.25) is 14.4 Å². The van der Waals surface area contributed by atoms with Crippen LogP contribution in [0.1, 0.15) is 91.9 Å². The van der Waals surface area contributed by atoms with E-state index in [0.29, 0.717) is 31.2 Å². The summed E-state index contributed by atoms with van der Waals surface area (Å²) in [5.41, 5.74) is -4.93. The number of hydrogen-bond donors (Lipinski definition) is 1. The Labute approximate surface area is 302 Å². The minimum atomic E-state index is -5.03. The van der Waals surface area contributed by atoms with Gasteiger partial charge in [0.05, 0.1) is 30.2 Å². The molecule has 1 aliphatic heterocycles. The van der Waals surface area contributed by atoms with Crippen LogP contribution in [0.25, 0.3) is 11.1 Å². The molecule has 290 valence electrons. The Morgan fingerprint density at radius 2 is 1.58 bits per heavy atom. The molecule has 0 radical (unpaired) electrons. The summed E-state index contributed by atoms with van der Waals surface area (Å²) in [7, 11) is 0. The second-order valence-corrected chi connectivity index (χ2v) is 13.8. The van der Waals surface area contributed by atoms with Crippen molar-refractivity contribution in [2.75, 3.05) is 26.2 Å². The van der Waals surface area contributed by atoms with E-state index in [1.54, 1.807) is 13.8 Å². The Bertz CT molecular complexity index is 1840. The number of alkyl halides is 6. The number of aromatic nitrogens is 1. The molecule has 7 nitrogen and oxygen atoms in total. The topological polar surface area (TPSA) is 80.6 Å². The van der Waals surface area contributed by atoms with Crippen molar-refractivity contribution in [2.24, 2.45) is 5.92 Å². The number of halogens is 8. The van der Waals surface area contributed by atoms with Gasteiger partial charge in [0.2, 0.25) is 5.91 Å². The number of esters is 1.